The fourth-order valence-corrected chi connectivity index (χ4v) is 3.08. The second kappa shape index (κ2) is 4.66. The van der Waals surface area contributed by atoms with E-state index < -0.39 is 10.0 Å². The van der Waals surface area contributed by atoms with Gasteiger partial charge in [0.2, 0.25) is 10.0 Å². The van der Waals surface area contributed by atoms with Crippen LogP contribution in [0.15, 0.2) is 24.3 Å². The van der Waals surface area contributed by atoms with Crippen molar-refractivity contribution in [2.75, 3.05) is 12.3 Å². The lowest BCUT2D eigenvalue weighted by molar-refractivity contribution is 0.574. The molecule has 3 N–H and O–H groups in total. The van der Waals surface area contributed by atoms with Gasteiger partial charge in [-0.25, -0.2) is 13.1 Å². The molecule has 0 aromatic heterocycles. The number of rotatable bonds is 5. The van der Waals surface area contributed by atoms with Crippen LogP contribution in [0.5, 0.6) is 0 Å². The van der Waals surface area contributed by atoms with Crippen molar-refractivity contribution in [2.45, 2.75) is 19.1 Å². The number of sulfonamides is 1. The van der Waals surface area contributed by atoms with Gasteiger partial charge in [-0.3, -0.25) is 0 Å². The monoisotopic (exact) mass is 254 g/mol. The maximum Gasteiger partial charge on any atom is 0.215 e. The molecule has 17 heavy (non-hydrogen) atoms. The van der Waals surface area contributed by atoms with E-state index in [2.05, 4.69) is 11.6 Å². The fraction of sp³-hybridized carbons (Fsp3) is 0.500. The number of nitrogen functional groups attached to an aromatic ring is 1. The molecule has 2 atom stereocenters. The highest BCUT2D eigenvalue weighted by molar-refractivity contribution is 7.88. The number of nitrogens with one attached hydrogen (secondary N) is 1. The molecule has 94 valence electrons. The van der Waals surface area contributed by atoms with Gasteiger partial charge >= 0.3 is 0 Å². The topological polar surface area (TPSA) is 72.2 Å². The van der Waals surface area contributed by atoms with E-state index >= 15 is 0 Å². The molecule has 1 aliphatic carbocycles. The van der Waals surface area contributed by atoms with Crippen molar-refractivity contribution in [3.8, 4) is 0 Å². The Morgan fingerprint density at radius 1 is 1.41 bits per heavy atom. The molecule has 5 heteroatoms. The molecule has 1 fully saturated rings. The summed E-state index contributed by atoms with van der Waals surface area (Å²) in [6.07, 6.45) is 1.12. The Kier molecular flexibility index (Phi) is 3.40. The van der Waals surface area contributed by atoms with Crippen LogP contribution in [-0.2, 0) is 15.8 Å². The standard InChI is InChI=1S/C12H18N2O2S/c1-9-6-11(9)7-14-17(15,16)8-10-4-2-3-5-12(10)13/h2-5,9,11,14H,6-8,13H2,1H3. The van der Waals surface area contributed by atoms with E-state index in [1.54, 1.807) is 24.3 Å². The summed E-state index contributed by atoms with van der Waals surface area (Å²) in [6, 6.07) is 7.05. The minimum absolute atomic E-state index is 0.0409. The molecule has 4 nitrogen and oxygen atoms in total. The number of anilines is 1. The van der Waals surface area contributed by atoms with Gasteiger partial charge in [-0.2, -0.15) is 0 Å². The Labute approximate surface area is 102 Å². The summed E-state index contributed by atoms with van der Waals surface area (Å²) in [5, 5.41) is 0. The van der Waals surface area contributed by atoms with E-state index in [0.29, 0.717) is 29.6 Å². The van der Waals surface area contributed by atoms with Gasteiger partial charge in [0.1, 0.15) is 0 Å². The lowest BCUT2D eigenvalue weighted by Crippen LogP contribution is -2.27. The van der Waals surface area contributed by atoms with Crippen molar-refractivity contribution in [1.82, 2.24) is 4.72 Å². The lowest BCUT2D eigenvalue weighted by Gasteiger charge is -2.08. The van der Waals surface area contributed by atoms with Gasteiger partial charge in [-0.1, -0.05) is 25.1 Å². The third kappa shape index (κ3) is 3.44. The first kappa shape index (κ1) is 12.4. The zero-order chi connectivity index (χ0) is 12.5. The third-order valence-corrected chi connectivity index (χ3v) is 4.54. The van der Waals surface area contributed by atoms with E-state index in [-0.39, 0.29) is 5.75 Å². The Balaban J connectivity index is 1.95. The average molecular weight is 254 g/mol. The van der Waals surface area contributed by atoms with E-state index in [9.17, 15) is 8.42 Å². The molecule has 1 aromatic carbocycles. The van der Waals surface area contributed by atoms with Crippen molar-refractivity contribution in [2.24, 2.45) is 11.8 Å². The Hall–Kier alpha value is -1.07. The molecule has 1 saturated carbocycles. The summed E-state index contributed by atoms with van der Waals surface area (Å²) < 4.78 is 26.3. The van der Waals surface area contributed by atoms with Crippen molar-refractivity contribution in [3.63, 3.8) is 0 Å². The first-order chi connectivity index (χ1) is 7.98. The number of para-hydroxylation sites is 1. The minimum Gasteiger partial charge on any atom is -0.398 e. The van der Waals surface area contributed by atoms with Crippen LogP contribution in [0.2, 0.25) is 0 Å². The molecule has 0 amide bonds. The molecule has 0 spiro atoms. The van der Waals surface area contributed by atoms with Crippen LogP contribution in [-0.4, -0.2) is 15.0 Å². The molecule has 1 aliphatic rings. The minimum atomic E-state index is -3.27. The van der Waals surface area contributed by atoms with Crippen LogP contribution in [0.25, 0.3) is 0 Å². The molecule has 0 saturated heterocycles. The zero-order valence-electron chi connectivity index (χ0n) is 9.89. The average Bonchev–Trinajstić information content (AvgIpc) is 2.96. The zero-order valence-corrected chi connectivity index (χ0v) is 10.7. The van der Waals surface area contributed by atoms with E-state index in [1.165, 1.54) is 0 Å². The van der Waals surface area contributed by atoms with E-state index in [0.717, 1.165) is 6.42 Å². The van der Waals surface area contributed by atoms with Gasteiger partial charge < -0.3 is 5.73 Å². The number of hydrogen-bond acceptors (Lipinski definition) is 3. The molecule has 0 radical (unpaired) electrons. The summed E-state index contributed by atoms with van der Waals surface area (Å²) in [6.45, 7) is 2.68. The highest BCUT2D eigenvalue weighted by Crippen LogP contribution is 2.36. The lowest BCUT2D eigenvalue weighted by atomic mass is 10.2. The van der Waals surface area contributed by atoms with Crippen molar-refractivity contribution < 1.29 is 8.42 Å². The highest BCUT2D eigenvalue weighted by atomic mass is 32.2. The summed E-state index contributed by atoms with van der Waals surface area (Å²) in [4.78, 5) is 0. The number of benzene rings is 1. The predicted molar refractivity (Wildman–Crippen MR) is 68.8 cm³/mol. The summed E-state index contributed by atoms with van der Waals surface area (Å²) in [5.74, 6) is 1.12. The van der Waals surface area contributed by atoms with Crippen LogP contribution in [0.3, 0.4) is 0 Å². The summed E-state index contributed by atoms with van der Waals surface area (Å²) in [7, 11) is -3.27. The first-order valence-electron chi connectivity index (χ1n) is 5.78. The molecular formula is C12H18N2O2S. The predicted octanol–water partition coefficient (Wildman–Crippen LogP) is 1.34. The normalized spacial score (nSPS) is 23.6. The van der Waals surface area contributed by atoms with E-state index in [4.69, 9.17) is 5.73 Å². The molecule has 1 aromatic rings. The summed E-state index contributed by atoms with van der Waals surface area (Å²) >= 11 is 0. The molecule has 0 aliphatic heterocycles. The first-order valence-corrected chi connectivity index (χ1v) is 7.44. The molecular weight excluding hydrogens is 236 g/mol. The van der Waals surface area contributed by atoms with Crippen molar-refractivity contribution in [3.05, 3.63) is 29.8 Å². The summed E-state index contributed by atoms with van der Waals surface area (Å²) in [5.41, 5.74) is 6.91. The Bertz CT molecular complexity index is 499. The molecule has 2 rings (SSSR count). The quantitative estimate of drug-likeness (QED) is 0.779. The van der Waals surface area contributed by atoms with Crippen molar-refractivity contribution in [1.29, 1.82) is 0 Å². The van der Waals surface area contributed by atoms with E-state index in [1.807, 2.05) is 0 Å². The van der Waals surface area contributed by atoms with Gasteiger partial charge in [0, 0.05) is 12.2 Å². The van der Waals surface area contributed by atoms with Crippen LogP contribution in [0, 0.1) is 11.8 Å². The number of hydrogen-bond donors (Lipinski definition) is 2. The van der Waals surface area contributed by atoms with Gasteiger partial charge in [-0.05, 0) is 29.9 Å². The Morgan fingerprint density at radius 3 is 2.65 bits per heavy atom. The SMILES string of the molecule is CC1CC1CNS(=O)(=O)Cc1ccccc1N. The Morgan fingerprint density at radius 2 is 2.06 bits per heavy atom. The largest absolute Gasteiger partial charge is 0.398 e. The smallest absolute Gasteiger partial charge is 0.215 e. The van der Waals surface area contributed by atoms with Gasteiger partial charge in [0.15, 0.2) is 0 Å². The maximum atomic E-state index is 11.8. The number of nitrogens with two attached hydrogens (primary N) is 1. The molecule has 2 unspecified atom stereocenters. The van der Waals surface area contributed by atoms with Crippen LogP contribution in [0.1, 0.15) is 18.9 Å². The fourth-order valence-electron chi connectivity index (χ4n) is 1.84. The molecule has 0 heterocycles. The van der Waals surface area contributed by atoms with Gasteiger partial charge in [0.25, 0.3) is 0 Å². The van der Waals surface area contributed by atoms with Crippen LogP contribution in [0.4, 0.5) is 5.69 Å². The van der Waals surface area contributed by atoms with Crippen molar-refractivity contribution >= 4 is 15.7 Å². The third-order valence-electron chi connectivity index (χ3n) is 3.24. The molecule has 0 bridgehead atoms. The second-order valence-corrected chi connectivity index (χ2v) is 6.59. The van der Waals surface area contributed by atoms with Crippen LogP contribution < -0.4 is 10.5 Å². The highest BCUT2D eigenvalue weighted by Gasteiger charge is 2.33. The van der Waals surface area contributed by atoms with Crippen LogP contribution >= 0.6 is 0 Å². The van der Waals surface area contributed by atoms with Gasteiger partial charge in [-0.15, -0.1) is 0 Å². The van der Waals surface area contributed by atoms with Gasteiger partial charge in [0.05, 0.1) is 5.75 Å². The second-order valence-electron chi connectivity index (χ2n) is 4.78. The maximum absolute atomic E-state index is 11.8.